The third-order valence-corrected chi connectivity index (χ3v) is 4.61. The lowest BCUT2D eigenvalue weighted by Gasteiger charge is -2.22. The minimum atomic E-state index is 0.526. The molecule has 0 unspecified atom stereocenters. The second kappa shape index (κ2) is 4.03. The summed E-state index contributed by atoms with van der Waals surface area (Å²) in [5, 5.41) is 14.0. The second-order valence-electron chi connectivity index (χ2n) is 4.87. The normalized spacial score (nSPS) is 15.8. The molecule has 2 N–H and O–H groups in total. The highest BCUT2D eigenvalue weighted by Gasteiger charge is 2.26. The van der Waals surface area contributed by atoms with Crippen LogP contribution >= 0.6 is 11.3 Å². The summed E-state index contributed by atoms with van der Waals surface area (Å²) in [7, 11) is 0. The van der Waals surface area contributed by atoms with Crippen LogP contribution in [0.1, 0.15) is 31.0 Å². The van der Waals surface area contributed by atoms with Gasteiger partial charge in [0.15, 0.2) is 5.82 Å². The van der Waals surface area contributed by atoms with Crippen molar-refractivity contribution in [3.8, 4) is 10.6 Å². The molecule has 19 heavy (non-hydrogen) atoms. The third-order valence-electron chi connectivity index (χ3n) is 3.68. The van der Waals surface area contributed by atoms with Crippen molar-refractivity contribution < 1.29 is 0 Å². The number of aromatic nitrogens is 4. The Hall–Kier alpha value is -1.95. The van der Waals surface area contributed by atoms with Crippen molar-refractivity contribution in [1.82, 2.24) is 19.8 Å². The van der Waals surface area contributed by atoms with Crippen molar-refractivity contribution in [3.63, 3.8) is 0 Å². The summed E-state index contributed by atoms with van der Waals surface area (Å²) < 4.78 is 1.89. The molecular formula is C13H13N5S. The fraction of sp³-hybridized carbons (Fsp3) is 0.308. The fourth-order valence-electron chi connectivity index (χ4n) is 2.35. The molecule has 3 aromatic rings. The largest absolute Gasteiger partial charge is 0.398 e. The van der Waals surface area contributed by atoms with Gasteiger partial charge >= 0.3 is 0 Å². The second-order valence-corrected chi connectivity index (χ2v) is 5.83. The van der Waals surface area contributed by atoms with Gasteiger partial charge < -0.3 is 5.73 Å². The Morgan fingerprint density at radius 3 is 2.79 bits per heavy atom. The van der Waals surface area contributed by atoms with E-state index in [9.17, 15) is 0 Å². The lowest BCUT2D eigenvalue weighted by atomic mass is 9.85. The van der Waals surface area contributed by atoms with Gasteiger partial charge in [0.1, 0.15) is 5.01 Å². The maximum absolute atomic E-state index is 6.00. The van der Waals surface area contributed by atoms with E-state index in [0.29, 0.717) is 5.92 Å². The summed E-state index contributed by atoms with van der Waals surface area (Å²) >= 11 is 1.54. The predicted octanol–water partition coefficient (Wildman–Crippen LogP) is 2.70. The predicted molar refractivity (Wildman–Crippen MR) is 75.1 cm³/mol. The lowest BCUT2D eigenvalue weighted by molar-refractivity contribution is 0.395. The zero-order valence-corrected chi connectivity index (χ0v) is 11.1. The highest BCUT2D eigenvalue weighted by atomic mass is 32.1. The molecule has 1 aromatic carbocycles. The number of para-hydroxylation sites is 1. The van der Waals surface area contributed by atoms with Crippen LogP contribution in [0.2, 0.25) is 0 Å². The Morgan fingerprint density at radius 2 is 2.05 bits per heavy atom. The van der Waals surface area contributed by atoms with Gasteiger partial charge in [0.25, 0.3) is 0 Å². The number of anilines is 1. The van der Waals surface area contributed by atoms with Crippen LogP contribution in [0.15, 0.2) is 24.3 Å². The molecule has 4 rings (SSSR count). The van der Waals surface area contributed by atoms with Gasteiger partial charge in [-0.2, -0.15) is 9.61 Å². The molecular weight excluding hydrogens is 258 g/mol. The van der Waals surface area contributed by atoms with E-state index in [1.165, 1.54) is 30.6 Å². The Morgan fingerprint density at radius 1 is 1.21 bits per heavy atom. The number of fused-ring (bicyclic) bond motifs is 1. The maximum atomic E-state index is 6.00. The fourth-order valence-corrected chi connectivity index (χ4v) is 3.25. The standard InChI is InChI=1S/C13H13N5S/c14-10-7-2-1-6-9(10)12-17-18-11(8-4-3-5-8)15-16-13(18)19-12/h1-2,6-8H,3-5,14H2. The van der Waals surface area contributed by atoms with E-state index in [2.05, 4.69) is 15.3 Å². The van der Waals surface area contributed by atoms with Gasteiger partial charge in [-0.25, -0.2) is 0 Å². The average Bonchev–Trinajstić information content (AvgIpc) is 2.90. The third kappa shape index (κ3) is 1.63. The monoisotopic (exact) mass is 271 g/mol. The molecule has 0 aliphatic heterocycles. The number of hydrogen-bond donors (Lipinski definition) is 1. The molecule has 0 radical (unpaired) electrons. The van der Waals surface area contributed by atoms with E-state index in [1.54, 1.807) is 0 Å². The average molecular weight is 271 g/mol. The van der Waals surface area contributed by atoms with Crippen LogP contribution in [0.5, 0.6) is 0 Å². The summed E-state index contributed by atoms with van der Waals surface area (Å²) in [5.74, 6) is 1.52. The smallest absolute Gasteiger partial charge is 0.234 e. The SMILES string of the molecule is Nc1ccccc1-c1nn2c(C3CCC3)nnc2s1. The molecule has 0 saturated heterocycles. The van der Waals surface area contributed by atoms with Crippen molar-refractivity contribution in [2.24, 2.45) is 0 Å². The topological polar surface area (TPSA) is 69.1 Å². The molecule has 0 bridgehead atoms. The zero-order valence-electron chi connectivity index (χ0n) is 10.3. The summed E-state index contributed by atoms with van der Waals surface area (Å²) in [6.07, 6.45) is 3.67. The Bertz CT molecular complexity index is 740. The summed E-state index contributed by atoms with van der Waals surface area (Å²) in [5.41, 5.74) is 7.72. The van der Waals surface area contributed by atoms with Crippen LogP contribution in [-0.4, -0.2) is 19.8 Å². The Balaban J connectivity index is 1.84. The van der Waals surface area contributed by atoms with Gasteiger partial charge in [0, 0.05) is 17.2 Å². The van der Waals surface area contributed by atoms with E-state index in [1.807, 2.05) is 28.8 Å². The first kappa shape index (κ1) is 10.9. The van der Waals surface area contributed by atoms with Gasteiger partial charge in [0.05, 0.1) is 0 Å². The number of nitrogen functional groups attached to an aromatic ring is 1. The van der Waals surface area contributed by atoms with Gasteiger partial charge in [0.2, 0.25) is 4.96 Å². The quantitative estimate of drug-likeness (QED) is 0.728. The van der Waals surface area contributed by atoms with Crippen LogP contribution < -0.4 is 5.73 Å². The van der Waals surface area contributed by atoms with E-state index in [-0.39, 0.29) is 0 Å². The number of nitrogens with two attached hydrogens (primary N) is 1. The van der Waals surface area contributed by atoms with E-state index >= 15 is 0 Å². The van der Waals surface area contributed by atoms with Crippen molar-refractivity contribution in [1.29, 1.82) is 0 Å². The molecule has 1 aliphatic rings. The van der Waals surface area contributed by atoms with Crippen molar-refractivity contribution in [2.45, 2.75) is 25.2 Å². The molecule has 96 valence electrons. The molecule has 1 fully saturated rings. The van der Waals surface area contributed by atoms with Crippen molar-refractivity contribution in [2.75, 3.05) is 5.73 Å². The molecule has 2 aromatic heterocycles. The summed E-state index contributed by atoms with van der Waals surface area (Å²) in [6, 6.07) is 7.79. The van der Waals surface area contributed by atoms with Gasteiger partial charge in [-0.1, -0.05) is 29.9 Å². The summed E-state index contributed by atoms with van der Waals surface area (Å²) in [6.45, 7) is 0. The van der Waals surface area contributed by atoms with Crippen molar-refractivity contribution >= 4 is 22.0 Å². The molecule has 0 spiro atoms. The van der Waals surface area contributed by atoms with E-state index in [0.717, 1.165) is 27.0 Å². The number of rotatable bonds is 2. The first-order chi connectivity index (χ1) is 9.33. The Labute approximate surface area is 114 Å². The van der Waals surface area contributed by atoms with Crippen molar-refractivity contribution in [3.05, 3.63) is 30.1 Å². The Kier molecular flexibility index (Phi) is 2.32. The maximum Gasteiger partial charge on any atom is 0.234 e. The first-order valence-electron chi connectivity index (χ1n) is 6.40. The molecule has 1 aliphatic carbocycles. The zero-order chi connectivity index (χ0) is 12.8. The first-order valence-corrected chi connectivity index (χ1v) is 7.21. The number of nitrogens with zero attached hydrogens (tertiary/aromatic N) is 4. The minimum absolute atomic E-state index is 0.526. The van der Waals surface area contributed by atoms with E-state index < -0.39 is 0 Å². The highest BCUT2D eigenvalue weighted by Crippen LogP contribution is 2.37. The van der Waals surface area contributed by atoms with Crippen LogP contribution in [0.3, 0.4) is 0 Å². The molecule has 5 nitrogen and oxygen atoms in total. The van der Waals surface area contributed by atoms with Crippen LogP contribution in [0, 0.1) is 0 Å². The molecule has 2 heterocycles. The van der Waals surface area contributed by atoms with Gasteiger partial charge in [-0.3, -0.25) is 0 Å². The van der Waals surface area contributed by atoms with Gasteiger partial charge in [-0.15, -0.1) is 10.2 Å². The van der Waals surface area contributed by atoms with Gasteiger partial charge in [-0.05, 0) is 25.0 Å². The molecule has 6 heteroatoms. The number of hydrogen-bond acceptors (Lipinski definition) is 5. The highest BCUT2D eigenvalue weighted by molar-refractivity contribution is 7.19. The molecule has 0 atom stereocenters. The number of benzene rings is 1. The molecule has 0 amide bonds. The molecule has 1 saturated carbocycles. The minimum Gasteiger partial charge on any atom is -0.398 e. The van der Waals surface area contributed by atoms with Crippen LogP contribution in [0.25, 0.3) is 15.5 Å². The summed E-state index contributed by atoms with van der Waals surface area (Å²) in [4.78, 5) is 0.847. The van der Waals surface area contributed by atoms with E-state index in [4.69, 9.17) is 5.73 Å². The van der Waals surface area contributed by atoms with Crippen LogP contribution in [-0.2, 0) is 0 Å². The lowest BCUT2D eigenvalue weighted by Crippen LogP contribution is -2.13. The van der Waals surface area contributed by atoms with Crippen LogP contribution in [0.4, 0.5) is 5.69 Å².